The van der Waals surface area contributed by atoms with Crippen molar-refractivity contribution in [1.29, 1.82) is 0 Å². The molecule has 3 aromatic rings. The number of primary amides is 1. The molecule has 0 radical (unpaired) electrons. The summed E-state index contributed by atoms with van der Waals surface area (Å²) in [6, 6.07) is 26.8. The molecule has 5 rings (SSSR count). The van der Waals surface area contributed by atoms with Crippen molar-refractivity contribution in [2.75, 3.05) is 66.6 Å². The lowest BCUT2D eigenvalue weighted by Crippen LogP contribution is -2.49. The molecule has 2 heterocycles. The summed E-state index contributed by atoms with van der Waals surface area (Å²) in [7, 11) is 3.44. The van der Waals surface area contributed by atoms with E-state index in [1.54, 1.807) is 14.2 Å². The molecule has 0 bridgehead atoms. The molecule has 0 saturated carbocycles. The maximum absolute atomic E-state index is 13.4. The lowest BCUT2D eigenvalue weighted by atomic mass is 9.64. The molecule has 49 heavy (non-hydrogen) atoms. The molecule has 8 heteroatoms. The van der Waals surface area contributed by atoms with E-state index in [9.17, 15) is 9.90 Å². The SMILES string of the molecule is COc1cccc(OC)c1CN1CCC(N(CCO)CCCCCCCN2CC[C@@H](C(C(N)=O)(c3ccccc3)c3ccccc3)C2)CC1. The number of nitrogens with two attached hydrogens (primary N) is 1. The number of rotatable bonds is 19. The van der Waals surface area contributed by atoms with E-state index in [4.69, 9.17) is 15.2 Å². The van der Waals surface area contributed by atoms with E-state index in [0.717, 1.165) is 99.8 Å². The minimum atomic E-state index is -0.822. The molecule has 3 aromatic carbocycles. The maximum atomic E-state index is 13.4. The summed E-state index contributed by atoms with van der Waals surface area (Å²) in [5.41, 5.74) is 8.57. The third-order valence-electron chi connectivity index (χ3n) is 11.0. The second-order valence-electron chi connectivity index (χ2n) is 13.9. The molecule has 2 fully saturated rings. The first kappa shape index (κ1) is 36.8. The van der Waals surface area contributed by atoms with Crippen LogP contribution in [0.5, 0.6) is 11.5 Å². The molecular formula is C41H58N4O4. The van der Waals surface area contributed by atoms with Crippen LogP contribution in [0.2, 0.25) is 0 Å². The van der Waals surface area contributed by atoms with Crippen molar-refractivity contribution in [3.05, 3.63) is 95.6 Å². The van der Waals surface area contributed by atoms with Crippen molar-refractivity contribution in [3.8, 4) is 11.5 Å². The monoisotopic (exact) mass is 670 g/mol. The Balaban J connectivity index is 1.03. The fraction of sp³-hybridized carbons (Fsp3) is 0.537. The summed E-state index contributed by atoms with van der Waals surface area (Å²) in [6.45, 7) is 7.84. The second-order valence-corrected chi connectivity index (χ2v) is 13.9. The van der Waals surface area contributed by atoms with Crippen LogP contribution in [0.4, 0.5) is 0 Å². The predicted octanol–water partition coefficient (Wildman–Crippen LogP) is 5.71. The first-order valence-electron chi connectivity index (χ1n) is 18.4. The Morgan fingerprint density at radius 1 is 0.776 bits per heavy atom. The van der Waals surface area contributed by atoms with E-state index in [2.05, 4.69) is 39.0 Å². The van der Waals surface area contributed by atoms with Crippen molar-refractivity contribution in [2.45, 2.75) is 69.4 Å². The zero-order valence-corrected chi connectivity index (χ0v) is 29.8. The lowest BCUT2D eigenvalue weighted by molar-refractivity contribution is -0.123. The van der Waals surface area contributed by atoms with Gasteiger partial charge in [-0.25, -0.2) is 0 Å². The van der Waals surface area contributed by atoms with Gasteiger partial charge in [0.1, 0.15) is 16.9 Å². The maximum Gasteiger partial charge on any atom is 0.232 e. The van der Waals surface area contributed by atoms with Gasteiger partial charge in [-0.15, -0.1) is 0 Å². The summed E-state index contributed by atoms with van der Waals surface area (Å²) >= 11 is 0. The zero-order valence-electron chi connectivity index (χ0n) is 29.8. The molecular weight excluding hydrogens is 612 g/mol. The Hall–Kier alpha value is -3.43. The highest BCUT2D eigenvalue weighted by molar-refractivity contribution is 5.91. The average molecular weight is 671 g/mol. The predicted molar refractivity (Wildman–Crippen MR) is 197 cm³/mol. The number of nitrogens with zero attached hydrogens (tertiary/aromatic N) is 3. The van der Waals surface area contributed by atoms with Crippen LogP contribution in [0, 0.1) is 5.92 Å². The first-order chi connectivity index (χ1) is 24.0. The standard InChI is InChI=1S/C41H58N4O4/c1-48-38-19-14-20-39(49-2)37(38)32-44-27-22-36(23-28-44)45(29-30-46)25-13-5-3-4-12-24-43-26-21-35(31-43)41(40(42)47,33-15-8-6-9-16-33)34-17-10-7-11-18-34/h6-11,14-20,35-36,46H,3-5,12-13,21-32H2,1-2H3,(H2,42,47)/t35-/m1/s1. The van der Waals surface area contributed by atoms with E-state index in [1.807, 2.05) is 54.6 Å². The molecule has 0 unspecified atom stereocenters. The van der Waals surface area contributed by atoms with Gasteiger partial charge in [-0.2, -0.15) is 0 Å². The summed E-state index contributed by atoms with van der Waals surface area (Å²) in [4.78, 5) is 20.9. The van der Waals surface area contributed by atoms with Crippen molar-refractivity contribution in [2.24, 2.45) is 11.7 Å². The van der Waals surface area contributed by atoms with Gasteiger partial charge in [0.2, 0.25) is 5.91 Å². The minimum absolute atomic E-state index is 0.142. The second kappa shape index (κ2) is 18.5. The number of piperidine rings is 1. The number of unbranched alkanes of at least 4 members (excludes halogenated alkanes) is 4. The molecule has 1 atom stereocenters. The van der Waals surface area contributed by atoms with Gasteiger partial charge in [0, 0.05) is 25.7 Å². The minimum Gasteiger partial charge on any atom is -0.496 e. The molecule has 3 N–H and O–H groups in total. The van der Waals surface area contributed by atoms with E-state index in [0.29, 0.717) is 6.04 Å². The molecule has 8 nitrogen and oxygen atoms in total. The number of benzene rings is 3. The highest BCUT2D eigenvalue weighted by Crippen LogP contribution is 2.43. The topological polar surface area (TPSA) is 91.5 Å². The van der Waals surface area contributed by atoms with Crippen molar-refractivity contribution in [3.63, 3.8) is 0 Å². The molecule has 2 aliphatic rings. The van der Waals surface area contributed by atoms with Gasteiger partial charge in [0.15, 0.2) is 0 Å². The van der Waals surface area contributed by atoms with E-state index in [-0.39, 0.29) is 18.4 Å². The van der Waals surface area contributed by atoms with Crippen LogP contribution >= 0.6 is 0 Å². The van der Waals surface area contributed by atoms with Crippen molar-refractivity contribution < 1.29 is 19.4 Å². The van der Waals surface area contributed by atoms with Gasteiger partial charge in [0.05, 0.1) is 26.4 Å². The zero-order chi connectivity index (χ0) is 34.5. The third kappa shape index (κ3) is 9.03. The fourth-order valence-corrected chi connectivity index (χ4v) is 8.45. The molecule has 0 aromatic heterocycles. The van der Waals surface area contributed by atoms with E-state index >= 15 is 0 Å². The molecule has 2 aliphatic heterocycles. The quantitative estimate of drug-likeness (QED) is 0.158. The van der Waals surface area contributed by atoms with Gasteiger partial charge in [-0.1, -0.05) is 86.0 Å². The number of ether oxygens (including phenoxy) is 2. The molecule has 2 saturated heterocycles. The van der Waals surface area contributed by atoms with Gasteiger partial charge < -0.3 is 25.2 Å². The Labute approximate surface area is 294 Å². The Bertz CT molecular complexity index is 1350. The molecule has 266 valence electrons. The van der Waals surface area contributed by atoms with Crippen LogP contribution < -0.4 is 15.2 Å². The van der Waals surface area contributed by atoms with Crippen LogP contribution in [-0.2, 0) is 16.8 Å². The van der Waals surface area contributed by atoms with Crippen LogP contribution in [0.15, 0.2) is 78.9 Å². The third-order valence-corrected chi connectivity index (χ3v) is 11.0. The van der Waals surface area contributed by atoms with E-state index in [1.165, 1.54) is 32.1 Å². The fourth-order valence-electron chi connectivity index (χ4n) is 8.45. The van der Waals surface area contributed by atoms with Gasteiger partial charge in [-0.05, 0) is 94.0 Å². The molecule has 0 aliphatic carbocycles. The van der Waals surface area contributed by atoms with Gasteiger partial charge in [-0.3, -0.25) is 14.6 Å². The van der Waals surface area contributed by atoms with Gasteiger partial charge in [0.25, 0.3) is 0 Å². The number of amides is 1. The number of methoxy groups -OCH3 is 2. The number of aliphatic hydroxyl groups excluding tert-OH is 1. The number of aliphatic hydroxyl groups is 1. The highest BCUT2D eigenvalue weighted by Gasteiger charge is 2.49. The number of hydrogen-bond acceptors (Lipinski definition) is 7. The number of hydrogen-bond donors (Lipinski definition) is 2. The normalized spacial score (nSPS) is 17.8. The van der Waals surface area contributed by atoms with Crippen molar-refractivity contribution in [1.82, 2.24) is 14.7 Å². The highest BCUT2D eigenvalue weighted by atomic mass is 16.5. The van der Waals surface area contributed by atoms with Crippen LogP contribution in [0.25, 0.3) is 0 Å². The van der Waals surface area contributed by atoms with Crippen molar-refractivity contribution >= 4 is 5.91 Å². The first-order valence-corrected chi connectivity index (χ1v) is 18.4. The van der Waals surface area contributed by atoms with Crippen LogP contribution in [-0.4, -0.2) is 98.4 Å². The smallest absolute Gasteiger partial charge is 0.232 e. The number of carbonyl (C=O) groups is 1. The summed E-state index contributed by atoms with van der Waals surface area (Å²) in [5, 5.41) is 9.82. The lowest BCUT2D eigenvalue weighted by Gasteiger charge is -2.38. The number of carbonyl (C=O) groups excluding carboxylic acids is 1. The van der Waals surface area contributed by atoms with Gasteiger partial charge >= 0.3 is 0 Å². The Morgan fingerprint density at radius 2 is 1.35 bits per heavy atom. The summed E-state index contributed by atoms with van der Waals surface area (Å²) in [5.74, 6) is 1.64. The molecule has 0 spiro atoms. The Morgan fingerprint density at radius 3 is 1.92 bits per heavy atom. The summed E-state index contributed by atoms with van der Waals surface area (Å²) < 4.78 is 11.2. The van der Waals surface area contributed by atoms with Crippen LogP contribution in [0.3, 0.4) is 0 Å². The van der Waals surface area contributed by atoms with E-state index < -0.39 is 5.41 Å². The largest absolute Gasteiger partial charge is 0.496 e. The average Bonchev–Trinajstić information content (AvgIpc) is 3.61. The summed E-state index contributed by atoms with van der Waals surface area (Å²) in [6.07, 6.45) is 9.17. The number of likely N-dealkylation sites (tertiary alicyclic amines) is 2. The molecule has 1 amide bonds. The Kier molecular flexibility index (Phi) is 13.9. The van der Waals surface area contributed by atoms with Crippen LogP contribution in [0.1, 0.15) is 68.1 Å².